The maximum absolute atomic E-state index is 13.1. The number of benzene rings is 2. The van der Waals surface area contributed by atoms with Gasteiger partial charge in [0.05, 0.1) is 11.8 Å². The first kappa shape index (κ1) is 18.2. The molecular weight excluding hydrogens is 395 g/mol. The van der Waals surface area contributed by atoms with E-state index in [4.69, 9.17) is 4.74 Å². The molecule has 0 fully saturated rings. The van der Waals surface area contributed by atoms with Crippen molar-refractivity contribution in [1.82, 2.24) is 24.7 Å². The number of fused-ring (bicyclic) bond motifs is 2. The molecule has 0 amide bonds. The third-order valence-electron chi connectivity index (χ3n) is 4.74. The van der Waals surface area contributed by atoms with Gasteiger partial charge in [-0.2, -0.15) is 23.3 Å². The van der Waals surface area contributed by atoms with Gasteiger partial charge in [-0.15, -0.1) is 0 Å². The molecule has 0 radical (unpaired) electrons. The van der Waals surface area contributed by atoms with Crippen LogP contribution in [0.5, 0.6) is 11.6 Å². The number of H-pyrrole nitrogens is 1. The summed E-state index contributed by atoms with van der Waals surface area (Å²) in [5, 5.41) is 5.70. The van der Waals surface area contributed by atoms with E-state index in [1.807, 2.05) is 24.4 Å². The van der Waals surface area contributed by atoms with E-state index in [2.05, 4.69) is 20.1 Å². The number of alkyl halides is 3. The topological polar surface area (TPSA) is 68.6 Å². The Bertz CT molecular complexity index is 1390. The van der Waals surface area contributed by atoms with Gasteiger partial charge in [0.15, 0.2) is 11.5 Å². The molecule has 0 atom stereocenters. The minimum Gasteiger partial charge on any atom is -0.438 e. The molecule has 0 aliphatic heterocycles. The lowest BCUT2D eigenvalue weighted by molar-refractivity contribution is -0.137. The molecule has 0 aliphatic carbocycles. The molecule has 9 heteroatoms. The van der Waals surface area contributed by atoms with Crippen molar-refractivity contribution in [2.45, 2.75) is 6.18 Å². The highest BCUT2D eigenvalue weighted by Crippen LogP contribution is 2.34. The van der Waals surface area contributed by atoms with E-state index in [1.54, 1.807) is 19.3 Å². The van der Waals surface area contributed by atoms with Gasteiger partial charge in [-0.25, -0.2) is 4.98 Å². The number of aromatic amines is 1. The Morgan fingerprint density at radius 1 is 1.03 bits per heavy atom. The molecule has 2 aromatic carbocycles. The predicted molar refractivity (Wildman–Crippen MR) is 105 cm³/mol. The molecule has 0 unspecified atom stereocenters. The van der Waals surface area contributed by atoms with Crippen molar-refractivity contribution < 1.29 is 17.9 Å². The molecule has 5 rings (SSSR count). The molecule has 0 aliphatic rings. The molecule has 150 valence electrons. The van der Waals surface area contributed by atoms with E-state index >= 15 is 0 Å². The highest BCUT2D eigenvalue weighted by Gasteiger charge is 2.30. The molecule has 30 heavy (non-hydrogen) atoms. The molecular formula is C21H14F3N5O. The summed E-state index contributed by atoms with van der Waals surface area (Å²) in [6.45, 7) is 0. The number of halogens is 3. The molecule has 0 saturated carbocycles. The Kier molecular flexibility index (Phi) is 3.99. The van der Waals surface area contributed by atoms with E-state index in [9.17, 15) is 13.2 Å². The number of aryl methyl sites for hydroxylation is 1. The molecule has 0 saturated heterocycles. The lowest BCUT2D eigenvalue weighted by atomic mass is 10.1. The van der Waals surface area contributed by atoms with Crippen molar-refractivity contribution >= 4 is 21.9 Å². The maximum atomic E-state index is 13.1. The Morgan fingerprint density at radius 3 is 2.73 bits per heavy atom. The van der Waals surface area contributed by atoms with Gasteiger partial charge in [0.25, 0.3) is 0 Å². The van der Waals surface area contributed by atoms with Gasteiger partial charge in [-0.05, 0) is 36.4 Å². The van der Waals surface area contributed by atoms with Gasteiger partial charge in [0.2, 0.25) is 5.88 Å². The summed E-state index contributed by atoms with van der Waals surface area (Å²) < 4.78 is 46.9. The van der Waals surface area contributed by atoms with E-state index in [0.717, 1.165) is 23.0 Å². The second-order valence-corrected chi connectivity index (χ2v) is 6.77. The highest BCUT2D eigenvalue weighted by molar-refractivity contribution is 5.84. The molecule has 3 aromatic heterocycles. The molecule has 3 heterocycles. The van der Waals surface area contributed by atoms with E-state index in [0.29, 0.717) is 16.8 Å². The van der Waals surface area contributed by atoms with Crippen molar-refractivity contribution in [3.63, 3.8) is 0 Å². The summed E-state index contributed by atoms with van der Waals surface area (Å²) in [6, 6.07) is 12.3. The van der Waals surface area contributed by atoms with Crippen LogP contribution in [-0.4, -0.2) is 24.7 Å². The van der Waals surface area contributed by atoms with Gasteiger partial charge < -0.3 is 9.72 Å². The van der Waals surface area contributed by atoms with Crippen molar-refractivity contribution in [2.75, 3.05) is 0 Å². The van der Waals surface area contributed by atoms with Crippen molar-refractivity contribution in [3.05, 3.63) is 66.5 Å². The minimum absolute atomic E-state index is 0.120. The van der Waals surface area contributed by atoms with Crippen molar-refractivity contribution in [3.8, 4) is 23.0 Å². The summed E-state index contributed by atoms with van der Waals surface area (Å²) in [5.41, 5.74) is 0.879. The van der Waals surface area contributed by atoms with E-state index < -0.39 is 11.7 Å². The van der Waals surface area contributed by atoms with Crippen LogP contribution in [0.1, 0.15) is 5.56 Å². The fourth-order valence-corrected chi connectivity index (χ4v) is 3.24. The smallest absolute Gasteiger partial charge is 0.416 e. The Hall–Kier alpha value is -3.88. The monoisotopic (exact) mass is 409 g/mol. The predicted octanol–water partition coefficient (Wildman–Crippen LogP) is 5.32. The third kappa shape index (κ3) is 3.14. The lowest BCUT2D eigenvalue weighted by Gasteiger charge is -2.10. The molecule has 1 N–H and O–H groups in total. The number of aromatic nitrogens is 5. The van der Waals surface area contributed by atoms with Crippen LogP contribution >= 0.6 is 0 Å². The van der Waals surface area contributed by atoms with Crippen LogP contribution < -0.4 is 4.74 Å². The van der Waals surface area contributed by atoms with E-state index in [-0.39, 0.29) is 17.3 Å². The van der Waals surface area contributed by atoms with Crippen LogP contribution in [0.2, 0.25) is 0 Å². The quantitative estimate of drug-likeness (QED) is 0.438. The van der Waals surface area contributed by atoms with Gasteiger partial charge in [-0.3, -0.25) is 4.68 Å². The van der Waals surface area contributed by atoms with Crippen LogP contribution in [0, 0.1) is 0 Å². The summed E-state index contributed by atoms with van der Waals surface area (Å²) in [7, 11) is 1.70. The molecule has 0 spiro atoms. The fraction of sp³-hybridized carbons (Fsp3) is 0.0952. The van der Waals surface area contributed by atoms with Crippen LogP contribution in [0.15, 0.2) is 60.9 Å². The van der Waals surface area contributed by atoms with Crippen molar-refractivity contribution in [1.29, 1.82) is 0 Å². The third-order valence-corrected chi connectivity index (χ3v) is 4.74. The largest absolute Gasteiger partial charge is 0.438 e. The zero-order valence-electron chi connectivity index (χ0n) is 15.6. The average molecular weight is 409 g/mol. The summed E-state index contributed by atoms with van der Waals surface area (Å²) >= 11 is 0. The first-order valence-corrected chi connectivity index (χ1v) is 9.01. The summed E-state index contributed by atoms with van der Waals surface area (Å²) in [4.78, 5) is 11.9. The highest BCUT2D eigenvalue weighted by atomic mass is 19.4. The van der Waals surface area contributed by atoms with Gasteiger partial charge in [-0.1, -0.05) is 12.1 Å². The number of ether oxygens (including phenoxy) is 1. The zero-order chi connectivity index (χ0) is 20.9. The Balaban J connectivity index is 1.63. The first-order valence-electron chi connectivity index (χ1n) is 9.01. The SMILES string of the molecule is Cn1ncc2c(Oc3ccc4[nH]ccc4c3)nc(-c3cccc(C(F)(F)F)c3)nc21. The van der Waals surface area contributed by atoms with Crippen LogP contribution in [-0.2, 0) is 13.2 Å². The van der Waals surface area contributed by atoms with Crippen LogP contribution in [0.3, 0.4) is 0 Å². The number of nitrogens with zero attached hydrogens (tertiary/aromatic N) is 4. The second-order valence-electron chi connectivity index (χ2n) is 6.77. The summed E-state index contributed by atoms with van der Waals surface area (Å²) in [5.74, 6) is 0.881. The molecule has 0 bridgehead atoms. The zero-order valence-corrected chi connectivity index (χ0v) is 15.6. The van der Waals surface area contributed by atoms with Gasteiger partial charge >= 0.3 is 6.18 Å². The standard InChI is InChI=1S/C21H14F3N5O/c1-29-19-16(11-26-29)20(30-15-5-6-17-12(10-15)7-8-25-17)28-18(27-19)13-3-2-4-14(9-13)21(22,23)24/h2-11,25H,1H3. The van der Waals surface area contributed by atoms with Crippen LogP contribution in [0.25, 0.3) is 33.3 Å². The Morgan fingerprint density at radius 2 is 1.90 bits per heavy atom. The Labute approximate surface area is 168 Å². The van der Waals surface area contributed by atoms with Crippen molar-refractivity contribution in [2.24, 2.45) is 7.05 Å². The fourth-order valence-electron chi connectivity index (χ4n) is 3.24. The summed E-state index contributed by atoms with van der Waals surface area (Å²) in [6.07, 6.45) is -1.07. The second kappa shape index (κ2) is 6.58. The number of nitrogens with one attached hydrogen (secondary N) is 1. The minimum atomic E-state index is -4.46. The van der Waals surface area contributed by atoms with Crippen LogP contribution in [0.4, 0.5) is 13.2 Å². The number of rotatable bonds is 3. The molecule has 5 aromatic rings. The average Bonchev–Trinajstić information content (AvgIpc) is 3.34. The van der Waals surface area contributed by atoms with E-state index in [1.165, 1.54) is 16.8 Å². The molecule has 6 nitrogen and oxygen atoms in total. The first-order chi connectivity index (χ1) is 14.4. The van der Waals surface area contributed by atoms with Gasteiger partial charge in [0.1, 0.15) is 11.1 Å². The maximum Gasteiger partial charge on any atom is 0.416 e. The number of hydrogen-bond donors (Lipinski definition) is 1. The van der Waals surface area contributed by atoms with Gasteiger partial charge in [0, 0.05) is 29.7 Å². The number of hydrogen-bond acceptors (Lipinski definition) is 4. The lowest BCUT2D eigenvalue weighted by Crippen LogP contribution is -2.05. The normalized spacial score (nSPS) is 12.0.